The molecule has 8 aromatic rings. The molecule has 4 aromatic carbocycles. The van der Waals surface area contributed by atoms with E-state index in [-0.39, 0.29) is 57.7 Å². The van der Waals surface area contributed by atoms with Crippen LogP contribution >= 0.6 is 15.9 Å². The van der Waals surface area contributed by atoms with E-state index in [1.807, 2.05) is 102 Å². The number of nitrogens with zero attached hydrogens (tertiary/aromatic N) is 8. The van der Waals surface area contributed by atoms with Gasteiger partial charge in [0.25, 0.3) is 20.0 Å². The van der Waals surface area contributed by atoms with Gasteiger partial charge in [-0.25, -0.2) is 54.3 Å². The number of aromatic nitrogens is 6. The van der Waals surface area contributed by atoms with E-state index in [2.05, 4.69) is 64.3 Å². The summed E-state index contributed by atoms with van der Waals surface area (Å²) in [6.07, 6.45) is 8.32. The van der Waals surface area contributed by atoms with Gasteiger partial charge in [0.05, 0.1) is 20.6 Å². The number of amides is 2. The molecule has 432 valence electrons. The van der Waals surface area contributed by atoms with Crippen molar-refractivity contribution in [3.05, 3.63) is 156 Å². The highest BCUT2D eigenvalue weighted by Crippen LogP contribution is 2.33. The van der Waals surface area contributed by atoms with Crippen molar-refractivity contribution in [2.24, 2.45) is 0 Å². The van der Waals surface area contributed by atoms with E-state index in [0.717, 1.165) is 20.1 Å². The van der Waals surface area contributed by atoms with Crippen LogP contribution in [0.5, 0.6) is 11.5 Å². The Bertz CT molecular complexity index is 3880. The smallest absolute Gasteiger partial charge is 0.410 e. The van der Waals surface area contributed by atoms with Crippen molar-refractivity contribution in [2.75, 3.05) is 50.0 Å². The molecule has 2 fully saturated rings. The molecule has 2 amide bonds. The summed E-state index contributed by atoms with van der Waals surface area (Å²) in [6.45, 7) is 13.4. The van der Waals surface area contributed by atoms with E-state index in [1.165, 1.54) is 36.9 Å². The molecule has 83 heavy (non-hydrogen) atoms. The summed E-state index contributed by atoms with van der Waals surface area (Å²) in [7, 11) is -7.89. The van der Waals surface area contributed by atoms with Crippen LogP contribution in [-0.4, -0.2) is 129 Å². The Morgan fingerprint density at radius 1 is 0.602 bits per heavy atom. The summed E-state index contributed by atoms with van der Waals surface area (Å²) in [4.78, 5) is 45.7. The normalized spacial score (nSPS) is 15.1. The minimum Gasteiger partial charge on any atom is -0.481 e. The van der Waals surface area contributed by atoms with Gasteiger partial charge in [-0.1, -0.05) is 84.6 Å². The lowest BCUT2D eigenvalue weighted by molar-refractivity contribution is 0.0283. The Labute approximate surface area is 491 Å². The monoisotopic (exact) mass is 1230 g/mol. The summed E-state index contributed by atoms with van der Waals surface area (Å²) in [6, 6.07) is 38.2. The van der Waals surface area contributed by atoms with Gasteiger partial charge in [-0.15, -0.1) is 6.42 Å². The minimum absolute atomic E-state index is 0.0477. The van der Waals surface area contributed by atoms with E-state index in [1.54, 1.807) is 58.3 Å². The number of ether oxygens (including phenoxy) is 4. The number of terminal acetylenes is 1. The lowest BCUT2D eigenvalue weighted by atomic mass is 10.2. The molecule has 2 N–H and O–H groups in total. The van der Waals surface area contributed by atoms with Crippen LogP contribution < -0.4 is 20.1 Å². The molecule has 2 aliphatic rings. The number of hydrogen-bond donors (Lipinski definition) is 2. The number of carbonyl (C=O) groups is 2. The summed E-state index contributed by atoms with van der Waals surface area (Å²) in [5.74, 6) is 10.7. The van der Waals surface area contributed by atoms with Gasteiger partial charge < -0.3 is 39.4 Å². The van der Waals surface area contributed by atoms with Crippen LogP contribution in [0.4, 0.5) is 21.2 Å². The fourth-order valence-corrected chi connectivity index (χ4v) is 12.4. The van der Waals surface area contributed by atoms with Gasteiger partial charge in [-0.05, 0) is 137 Å². The van der Waals surface area contributed by atoms with Crippen molar-refractivity contribution < 1.29 is 45.4 Å². The molecule has 4 aromatic heterocycles. The first-order valence-electron chi connectivity index (χ1n) is 26.4. The van der Waals surface area contributed by atoms with Crippen LogP contribution in [0.2, 0.25) is 0 Å². The third-order valence-corrected chi connectivity index (χ3v) is 16.6. The van der Waals surface area contributed by atoms with Gasteiger partial charge in [0.15, 0.2) is 11.3 Å². The van der Waals surface area contributed by atoms with E-state index < -0.39 is 31.2 Å². The van der Waals surface area contributed by atoms with Crippen LogP contribution in [0.1, 0.15) is 60.1 Å². The molecule has 0 radical (unpaired) electrons. The largest absolute Gasteiger partial charge is 0.481 e. The number of halogens is 1. The highest BCUT2D eigenvalue weighted by atomic mass is 79.9. The molecule has 6 heterocycles. The zero-order valence-electron chi connectivity index (χ0n) is 46.6. The van der Waals surface area contributed by atoms with Crippen molar-refractivity contribution in [3.8, 4) is 35.7 Å². The van der Waals surface area contributed by atoms with Crippen molar-refractivity contribution >= 4 is 81.9 Å². The lowest BCUT2D eigenvalue weighted by Crippen LogP contribution is -2.36. The molecule has 10 rings (SSSR count). The Kier molecular flexibility index (Phi) is 19.3. The third-order valence-electron chi connectivity index (χ3n) is 12.3. The van der Waals surface area contributed by atoms with Crippen LogP contribution in [0, 0.1) is 24.2 Å². The number of carbonyl (C=O) groups excluding carboxylic acids is 2. The maximum Gasteiger partial charge on any atom is 0.410 e. The Morgan fingerprint density at radius 3 is 1.46 bits per heavy atom. The summed E-state index contributed by atoms with van der Waals surface area (Å²) >= 11 is 3.36. The first-order valence-corrected chi connectivity index (χ1v) is 30.0. The molecule has 23 heteroatoms. The van der Waals surface area contributed by atoms with Crippen molar-refractivity contribution in [1.29, 1.82) is 0 Å². The van der Waals surface area contributed by atoms with Crippen molar-refractivity contribution in [2.45, 2.75) is 87.5 Å². The van der Waals surface area contributed by atoms with E-state index in [4.69, 9.17) is 25.4 Å². The number of hydrogen-bond acceptors (Lipinski definition) is 16. The SMILES string of the molecule is C#CCOc1ccccc1.CC(C)(C)OC(=O)N1CCC(Nc2ncnc3c2cc(Br)n3S(=O)(=O)c2ccccc2)C1.CC(C)(C)OC(=O)N1CCC(Nc2ncnc3c2cc(C#CCOc2ccccc2)n3S(=O)(=O)c2ccccc2)C1. The molecule has 2 unspecified atom stereocenters. The fraction of sp³-hybridized carbons (Fsp3) is 0.300. The first-order chi connectivity index (χ1) is 39.6. The molecule has 2 aliphatic heterocycles. The molecule has 2 saturated heterocycles. The lowest BCUT2D eigenvalue weighted by Gasteiger charge is -2.24. The quantitative estimate of drug-likeness (QED) is 0.108. The number of fused-ring (bicyclic) bond motifs is 2. The van der Waals surface area contributed by atoms with Crippen LogP contribution in [0.25, 0.3) is 22.1 Å². The minimum atomic E-state index is -4.04. The Hall–Kier alpha value is -8.64. The van der Waals surface area contributed by atoms with Gasteiger partial charge >= 0.3 is 12.2 Å². The maximum atomic E-state index is 13.8. The van der Waals surface area contributed by atoms with Crippen LogP contribution in [0.3, 0.4) is 0 Å². The zero-order valence-corrected chi connectivity index (χ0v) is 49.8. The van der Waals surface area contributed by atoms with Crippen LogP contribution in [0.15, 0.2) is 161 Å². The molecule has 0 saturated carbocycles. The summed E-state index contributed by atoms with van der Waals surface area (Å²) in [5, 5.41) is 7.77. The number of nitrogens with one attached hydrogen (secondary N) is 2. The fourth-order valence-electron chi connectivity index (χ4n) is 8.67. The number of rotatable bonds is 12. The maximum absolute atomic E-state index is 13.8. The predicted octanol–water partition coefficient (Wildman–Crippen LogP) is 10.1. The number of likely N-dealkylation sites (tertiary alicyclic amines) is 2. The molecule has 2 atom stereocenters. The summed E-state index contributed by atoms with van der Waals surface area (Å²) in [5.41, 5.74) is -0.452. The van der Waals surface area contributed by atoms with Crippen molar-refractivity contribution in [3.63, 3.8) is 0 Å². The highest BCUT2D eigenvalue weighted by Gasteiger charge is 2.33. The molecule has 0 aliphatic carbocycles. The molecular formula is C60H63BrN10O10S2. The molecule has 0 spiro atoms. The summed E-state index contributed by atoms with van der Waals surface area (Å²) < 4.78 is 78.4. The average Bonchev–Trinajstić information content (AvgIpc) is 2.60. The van der Waals surface area contributed by atoms with E-state index in [9.17, 15) is 26.4 Å². The van der Waals surface area contributed by atoms with Gasteiger partial charge in [0.1, 0.15) is 70.5 Å². The van der Waals surface area contributed by atoms with Gasteiger partial charge in [-0.3, -0.25) is 0 Å². The third kappa shape index (κ3) is 15.7. The van der Waals surface area contributed by atoms with Gasteiger partial charge in [0.2, 0.25) is 0 Å². The predicted molar refractivity (Wildman–Crippen MR) is 320 cm³/mol. The second-order valence-electron chi connectivity index (χ2n) is 20.9. The van der Waals surface area contributed by atoms with Crippen molar-refractivity contribution in [1.82, 2.24) is 37.7 Å². The van der Waals surface area contributed by atoms with Gasteiger partial charge in [-0.2, -0.15) is 0 Å². The number of para-hydroxylation sites is 2. The second-order valence-corrected chi connectivity index (χ2v) is 25.3. The van der Waals surface area contributed by atoms with Gasteiger partial charge in [0, 0.05) is 38.3 Å². The highest BCUT2D eigenvalue weighted by molar-refractivity contribution is 9.10. The van der Waals surface area contributed by atoms with Crippen LogP contribution in [-0.2, 0) is 29.5 Å². The van der Waals surface area contributed by atoms with E-state index >= 15 is 0 Å². The Morgan fingerprint density at radius 2 is 1.01 bits per heavy atom. The number of anilines is 2. The Balaban J connectivity index is 0.000000189. The zero-order chi connectivity index (χ0) is 59.4. The molecule has 20 nitrogen and oxygen atoms in total. The van der Waals surface area contributed by atoms with E-state index in [0.29, 0.717) is 72.0 Å². The second kappa shape index (κ2) is 26.5. The topological polar surface area (TPSA) is 231 Å². The number of benzene rings is 4. The first kappa shape index (κ1) is 60.5. The average molecular weight is 1230 g/mol. The molecule has 0 bridgehead atoms. The molecular weight excluding hydrogens is 1160 g/mol. The standard InChI is InChI=1S/C30H31N5O5S.C21H24BrN5O4S.C9H8O/c1-30(2,3)40-29(36)34-17-16-22(20-34)33-27-26-19-23(11-10-18-39-24-12-6-4-7-13-24)35(28(26)32-21-31-27)41(37,38)25-14-8-5-9-15-25;1-21(2,3)31-20(28)26-10-9-14(12-26)25-18-16-11-17(22)27(19(16)24-13-23-18)32(29,30)15-7-5-4-6-8-15;1-2-8-10-9-6-4-3-5-7-9/h4-9,12-15,19,21-22H,16-18,20H2,1-3H3,(H,31,32,33);4-8,11,13-14H,9-10,12H2,1-3H3,(H,23,24,25);1,3-7H,8H2.